The molecule has 0 unspecified atom stereocenters. The van der Waals surface area contributed by atoms with E-state index in [0.29, 0.717) is 0 Å². The molecule has 20 heavy (non-hydrogen) atoms. The van der Waals surface area contributed by atoms with Gasteiger partial charge in [-0.25, -0.2) is 4.98 Å². The molecule has 0 atom stereocenters. The van der Waals surface area contributed by atoms with Gasteiger partial charge in [0.25, 0.3) is 0 Å². The molecule has 1 saturated heterocycles. The molecule has 0 aromatic carbocycles. The Labute approximate surface area is 118 Å². The van der Waals surface area contributed by atoms with E-state index in [1.54, 1.807) is 12.4 Å². The number of nitrogens with zero attached hydrogens (tertiary/aromatic N) is 5. The quantitative estimate of drug-likeness (QED) is 0.793. The number of rotatable bonds is 3. The lowest BCUT2D eigenvalue weighted by molar-refractivity contribution is 0.271. The van der Waals surface area contributed by atoms with Crippen LogP contribution in [0, 0.1) is 0 Å². The van der Waals surface area contributed by atoms with Crippen LogP contribution in [0.15, 0.2) is 54.0 Å². The summed E-state index contributed by atoms with van der Waals surface area (Å²) in [5, 5.41) is 6.61. The van der Waals surface area contributed by atoms with Crippen LogP contribution in [-0.2, 0) is 0 Å². The van der Waals surface area contributed by atoms with Crippen molar-refractivity contribution in [2.75, 3.05) is 31.1 Å². The van der Waals surface area contributed by atoms with Gasteiger partial charge in [0.1, 0.15) is 5.82 Å². The minimum atomic E-state index is 0.915. The highest BCUT2D eigenvalue weighted by atomic mass is 15.5. The first-order valence-corrected chi connectivity index (χ1v) is 6.77. The first-order valence-electron chi connectivity index (χ1n) is 6.77. The third kappa shape index (κ3) is 3.12. The molecule has 0 radical (unpaired) electrons. The highest BCUT2D eigenvalue weighted by Crippen LogP contribution is 2.12. The molecule has 0 bridgehead atoms. The van der Waals surface area contributed by atoms with Crippen molar-refractivity contribution < 1.29 is 0 Å². The Balaban J connectivity index is 1.55. The summed E-state index contributed by atoms with van der Waals surface area (Å²) in [5.41, 5.74) is 1.08. The molecule has 102 valence electrons. The average Bonchev–Trinajstić information content (AvgIpc) is 2.55. The minimum Gasteiger partial charge on any atom is -0.353 e. The molecule has 0 N–H and O–H groups in total. The predicted octanol–water partition coefficient (Wildman–Crippen LogP) is 1.63. The van der Waals surface area contributed by atoms with Crippen molar-refractivity contribution in [1.29, 1.82) is 0 Å². The Morgan fingerprint density at radius 3 is 2.45 bits per heavy atom. The van der Waals surface area contributed by atoms with Crippen molar-refractivity contribution in [2.45, 2.75) is 0 Å². The SMILES string of the molecule is C(=N/N1CCN(c2ccccn2)CC1)/c1ccncc1. The van der Waals surface area contributed by atoms with Crippen LogP contribution >= 0.6 is 0 Å². The van der Waals surface area contributed by atoms with E-state index in [1.165, 1.54) is 0 Å². The zero-order chi connectivity index (χ0) is 13.6. The molecule has 1 aliphatic heterocycles. The fourth-order valence-electron chi connectivity index (χ4n) is 2.18. The first-order chi connectivity index (χ1) is 9.92. The highest BCUT2D eigenvalue weighted by Gasteiger charge is 2.15. The van der Waals surface area contributed by atoms with Crippen LogP contribution < -0.4 is 4.90 Å². The summed E-state index contributed by atoms with van der Waals surface area (Å²) in [6, 6.07) is 9.92. The standard InChI is InChI=1S/C15H17N5/c1-2-6-17-15(3-1)19-9-11-20(12-10-19)18-13-14-4-7-16-8-5-14/h1-8,13H,9-12H2/b18-13-. The van der Waals surface area contributed by atoms with E-state index in [4.69, 9.17) is 0 Å². The smallest absolute Gasteiger partial charge is 0.128 e. The fourth-order valence-corrected chi connectivity index (χ4v) is 2.18. The van der Waals surface area contributed by atoms with E-state index < -0.39 is 0 Å². The molecule has 1 fully saturated rings. The maximum Gasteiger partial charge on any atom is 0.128 e. The Morgan fingerprint density at radius 1 is 0.950 bits per heavy atom. The van der Waals surface area contributed by atoms with Gasteiger partial charge in [-0.1, -0.05) is 6.07 Å². The molecule has 2 aromatic rings. The maximum atomic E-state index is 4.52. The number of piperazine rings is 1. The van der Waals surface area contributed by atoms with Crippen molar-refractivity contribution in [3.8, 4) is 0 Å². The highest BCUT2D eigenvalue weighted by molar-refractivity contribution is 5.78. The molecule has 5 heteroatoms. The zero-order valence-corrected chi connectivity index (χ0v) is 11.3. The van der Waals surface area contributed by atoms with E-state index >= 15 is 0 Å². The van der Waals surface area contributed by atoms with Crippen LogP contribution in [-0.4, -0.2) is 47.4 Å². The van der Waals surface area contributed by atoms with Gasteiger partial charge in [-0.15, -0.1) is 0 Å². The van der Waals surface area contributed by atoms with Gasteiger partial charge >= 0.3 is 0 Å². The van der Waals surface area contributed by atoms with E-state index in [9.17, 15) is 0 Å². The number of hydrazone groups is 1. The van der Waals surface area contributed by atoms with Gasteiger partial charge in [0, 0.05) is 31.7 Å². The third-order valence-corrected chi connectivity index (χ3v) is 3.31. The molecule has 0 amide bonds. The van der Waals surface area contributed by atoms with Gasteiger partial charge in [0.05, 0.1) is 19.3 Å². The third-order valence-electron chi connectivity index (χ3n) is 3.31. The lowest BCUT2D eigenvalue weighted by Crippen LogP contribution is -2.44. The monoisotopic (exact) mass is 267 g/mol. The normalized spacial score (nSPS) is 15.8. The van der Waals surface area contributed by atoms with Crippen LogP contribution in [0.1, 0.15) is 5.56 Å². The lowest BCUT2D eigenvalue weighted by Gasteiger charge is -2.33. The van der Waals surface area contributed by atoms with Gasteiger partial charge in [0.2, 0.25) is 0 Å². The summed E-state index contributed by atoms with van der Waals surface area (Å²) in [6.07, 6.45) is 7.28. The summed E-state index contributed by atoms with van der Waals surface area (Å²) in [7, 11) is 0. The van der Waals surface area contributed by atoms with Crippen LogP contribution in [0.3, 0.4) is 0 Å². The lowest BCUT2D eigenvalue weighted by atomic mass is 10.3. The van der Waals surface area contributed by atoms with Crippen molar-refractivity contribution in [3.05, 3.63) is 54.5 Å². The van der Waals surface area contributed by atoms with Crippen molar-refractivity contribution in [1.82, 2.24) is 15.0 Å². The summed E-state index contributed by atoms with van der Waals surface area (Å²) in [4.78, 5) is 10.7. The number of aromatic nitrogens is 2. The molecule has 3 rings (SSSR count). The molecule has 2 aromatic heterocycles. The maximum absolute atomic E-state index is 4.52. The topological polar surface area (TPSA) is 44.6 Å². The Morgan fingerprint density at radius 2 is 1.75 bits per heavy atom. The number of pyridine rings is 2. The summed E-state index contributed by atoms with van der Waals surface area (Å²) >= 11 is 0. The van der Waals surface area contributed by atoms with E-state index in [2.05, 4.69) is 31.0 Å². The molecule has 0 spiro atoms. The van der Waals surface area contributed by atoms with Crippen molar-refractivity contribution >= 4 is 12.0 Å². The molecule has 3 heterocycles. The largest absolute Gasteiger partial charge is 0.353 e. The Kier molecular flexibility index (Phi) is 3.87. The van der Waals surface area contributed by atoms with E-state index in [1.807, 2.05) is 36.7 Å². The molecule has 0 aliphatic carbocycles. The van der Waals surface area contributed by atoms with Crippen molar-refractivity contribution in [3.63, 3.8) is 0 Å². The van der Waals surface area contributed by atoms with Crippen LogP contribution in [0.5, 0.6) is 0 Å². The van der Waals surface area contributed by atoms with Gasteiger partial charge in [-0.05, 0) is 29.8 Å². The van der Waals surface area contributed by atoms with Crippen molar-refractivity contribution in [2.24, 2.45) is 5.10 Å². The van der Waals surface area contributed by atoms with Gasteiger partial charge in [-0.2, -0.15) is 5.10 Å². The summed E-state index contributed by atoms with van der Waals surface area (Å²) in [5.74, 6) is 1.05. The molecular weight excluding hydrogens is 250 g/mol. The average molecular weight is 267 g/mol. The van der Waals surface area contributed by atoms with E-state index in [-0.39, 0.29) is 0 Å². The molecule has 0 saturated carbocycles. The van der Waals surface area contributed by atoms with Crippen LogP contribution in [0.4, 0.5) is 5.82 Å². The van der Waals surface area contributed by atoms with Crippen LogP contribution in [0.25, 0.3) is 0 Å². The predicted molar refractivity (Wildman–Crippen MR) is 79.9 cm³/mol. The summed E-state index contributed by atoms with van der Waals surface area (Å²) in [6.45, 7) is 3.73. The number of anilines is 1. The van der Waals surface area contributed by atoms with Gasteiger partial charge in [0.15, 0.2) is 0 Å². The number of hydrogen-bond acceptors (Lipinski definition) is 5. The molecule has 1 aliphatic rings. The second kappa shape index (κ2) is 6.14. The summed E-state index contributed by atoms with van der Waals surface area (Å²) < 4.78 is 0. The van der Waals surface area contributed by atoms with Crippen LogP contribution in [0.2, 0.25) is 0 Å². The second-order valence-corrected chi connectivity index (χ2v) is 4.65. The first kappa shape index (κ1) is 12.6. The van der Waals surface area contributed by atoms with Gasteiger partial charge in [-0.3, -0.25) is 9.99 Å². The molecule has 5 nitrogen and oxygen atoms in total. The molecular formula is C15H17N5. The van der Waals surface area contributed by atoms with E-state index in [0.717, 1.165) is 37.6 Å². The zero-order valence-electron chi connectivity index (χ0n) is 11.3. The Hall–Kier alpha value is -2.43. The number of hydrogen-bond donors (Lipinski definition) is 0. The Bertz CT molecular complexity index is 547. The minimum absolute atomic E-state index is 0.915. The van der Waals surface area contributed by atoms with Gasteiger partial charge < -0.3 is 4.90 Å². The second-order valence-electron chi connectivity index (χ2n) is 4.65. The fraction of sp³-hybridized carbons (Fsp3) is 0.267.